The van der Waals surface area contributed by atoms with Crippen molar-refractivity contribution in [3.63, 3.8) is 0 Å². The first-order valence-corrected chi connectivity index (χ1v) is 6.75. The molecule has 2 rings (SSSR count). The Morgan fingerprint density at radius 3 is 2.41 bits per heavy atom. The van der Waals surface area contributed by atoms with E-state index in [1.54, 1.807) is 0 Å². The second-order valence-corrected chi connectivity index (χ2v) is 6.44. The van der Waals surface area contributed by atoms with Gasteiger partial charge in [-0.05, 0) is 36.5 Å². The normalized spacial score (nSPS) is 22.9. The van der Waals surface area contributed by atoms with Crippen LogP contribution in [0, 0.1) is 11.3 Å². The largest absolute Gasteiger partial charge is 0.349 e. The predicted octanol–water partition coefficient (Wildman–Crippen LogP) is 3.67. The summed E-state index contributed by atoms with van der Waals surface area (Å²) in [6.07, 6.45) is 1.01. The highest BCUT2D eigenvalue weighted by Gasteiger charge is 2.50. The fourth-order valence-corrected chi connectivity index (χ4v) is 2.33. The van der Waals surface area contributed by atoms with Gasteiger partial charge in [0.25, 0.3) is 0 Å². The number of benzene rings is 1. The molecule has 1 saturated carbocycles. The first-order chi connectivity index (χ1) is 7.90. The fraction of sp³-hybridized carbons (Fsp3) is 0.500. The number of amides is 1. The minimum atomic E-state index is 0.0759. The molecule has 1 aliphatic rings. The zero-order valence-electron chi connectivity index (χ0n) is 10.5. The Hall–Kier alpha value is -0.830. The van der Waals surface area contributed by atoms with E-state index in [4.69, 9.17) is 0 Å². The molecule has 1 amide bonds. The summed E-state index contributed by atoms with van der Waals surface area (Å²) in [7, 11) is 0. The van der Waals surface area contributed by atoms with Crippen molar-refractivity contribution in [1.29, 1.82) is 0 Å². The van der Waals surface area contributed by atoms with E-state index in [-0.39, 0.29) is 23.3 Å². The maximum Gasteiger partial charge on any atom is 0.224 e. The van der Waals surface area contributed by atoms with Crippen molar-refractivity contribution < 1.29 is 4.79 Å². The molecule has 1 fully saturated rings. The topological polar surface area (TPSA) is 29.1 Å². The molecule has 2 unspecified atom stereocenters. The summed E-state index contributed by atoms with van der Waals surface area (Å²) in [5, 5.41) is 3.08. The van der Waals surface area contributed by atoms with Gasteiger partial charge in [-0.2, -0.15) is 0 Å². The third-order valence-corrected chi connectivity index (χ3v) is 4.09. The number of rotatable bonds is 3. The number of carbonyl (C=O) groups is 1. The maximum absolute atomic E-state index is 12.0. The lowest BCUT2D eigenvalue weighted by atomic mass is 10.1. The Morgan fingerprint density at radius 2 is 1.94 bits per heavy atom. The molecule has 0 saturated heterocycles. The van der Waals surface area contributed by atoms with Gasteiger partial charge in [-0.3, -0.25) is 4.79 Å². The maximum atomic E-state index is 12.0. The molecule has 92 valence electrons. The van der Waals surface area contributed by atoms with E-state index in [0.29, 0.717) is 0 Å². The van der Waals surface area contributed by atoms with Crippen LogP contribution >= 0.6 is 15.9 Å². The Morgan fingerprint density at radius 1 is 1.41 bits per heavy atom. The summed E-state index contributed by atoms with van der Waals surface area (Å²) in [6, 6.07) is 8.14. The number of carbonyl (C=O) groups excluding carboxylic acids is 1. The summed E-state index contributed by atoms with van der Waals surface area (Å²) in [4.78, 5) is 12.0. The molecule has 0 radical (unpaired) electrons. The van der Waals surface area contributed by atoms with Crippen molar-refractivity contribution >= 4 is 21.8 Å². The van der Waals surface area contributed by atoms with E-state index in [2.05, 4.69) is 35.1 Å². The van der Waals surface area contributed by atoms with Crippen molar-refractivity contribution in [1.82, 2.24) is 5.32 Å². The van der Waals surface area contributed by atoms with Gasteiger partial charge in [0.1, 0.15) is 0 Å². The first-order valence-electron chi connectivity index (χ1n) is 5.96. The van der Waals surface area contributed by atoms with Crippen molar-refractivity contribution in [3.8, 4) is 0 Å². The van der Waals surface area contributed by atoms with Crippen LogP contribution in [0.25, 0.3) is 0 Å². The molecule has 2 nitrogen and oxygen atoms in total. The van der Waals surface area contributed by atoms with E-state index >= 15 is 0 Å². The highest BCUT2D eigenvalue weighted by molar-refractivity contribution is 9.10. The van der Waals surface area contributed by atoms with Crippen LogP contribution in [-0.2, 0) is 4.79 Å². The molecule has 0 bridgehead atoms. The van der Waals surface area contributed by atoms with Crippen LogP contribution in [-0.4, -0.2) is 5.91 Å². The molecule has 1 aliphatic carbocycles. The molecular formula is C14H18BrNO. The van der Waals surface area contributed by atoms with Crippen molar-refractivity contribution in [2.24, 2.45) is 11.3 Å². The van der Waals surface area contributed by atoms with Gasteiger partial charge >= 0.3 is 0 Å². The number of halogens is 1. The number of hydrogen-bond acceptors (Lipinski definition) is 1. The SMILES string of the molecule is CC(NC(=O)C1CC1(C)C)c1ccc(Br)cc1. The smallest absolute Gasteiger partial charge is 0.224 e. The number of hydrogen-bond donors (Lipinski definition) is 1. The summed E-state index contributed by atoms with van der Waals surface area (Å²) in [6.45, 7) is 6.31. The Kier molecular flexibility index (Phi) is 3.30. The van der Waals surface area contributed by atoms with Crippen molar-refractivity contribution in [3.05, 3.63) is 34.3 Å². The summed E-state index contributed by atoms with van der Waals surface area (Å²) in [5.41, 5.74) is 1.34. The van der Waals surface area contributed by atoms with Gasteiger partial charge in [0.15, 0.2) is 0 Å². The minimum absolute atomic E-state index is 0.0759. The molecule has 0 spiro atoms. The second kappa shape index (κ2) is 4.45. The van der Waals surface area contributed by atoms with E-state index < -0.39 is 0 Å². The van der Waals surface area contributed by atoms with Crippen LogP contribution in [0.2, 0.25) is 0 Å². The molecular weight excluding hydrogens is 278 g/mol. The Labute approximate surface area is 111 Å². The van der Waals surface area contributed by atoms with E-state index in [1.807, 2.05) is 31.2 Å². The average Bonchev–Trinajstić information content (AvgIpc) is 2.89. The molecule has 1 aromatic rings. The fourth-order valence-electron chi connectivity index (χ4n) is 2.06. The van der Waals surface area contributed by atoms with Crippen molar-refractivity contribution in [2.75, 3.05) is 0 Å². The molecule has 17 heavy (non-hydrogen) atoms. The lowest BCUT2D eigenvalue weighted by Crippen LogP contribution is -2.29. The quantitative estimate of drug-likeness (QED) is 0.906. The summed E-state index contributed by atoms with van der Waals surface area (Å²) < 4.78 is 1.06. The predicted molar refractivity (Wildman–Crippen MR) is 72.6 cm³/mol. The van der Waals surface area contributed by atoms with Crippen molar-refractivity contribution in [2.45, 2.75) is 33.2 Å². The lowest BCUT2D eigenvalue weighted by molar-refractivity contribution is -0.123. The summed E-state index contributed by atoms with van der Waals surface area (Å²) >= 11 is 3.41. The highest BCUT2D eigenvalue weighted by atomic mass is 79.9. The van der Waals surface area contributed by atoms with Gasteiger partial charge in [-0.15, -0.1) is 0 Å². The minimum Gasteiger partial charge on any atom is -0.349 e. The molecule has 0 aliphatic heterocycles. The van der Waals surface area contributed by atoms with Gasteiger partial charge in [0.05, 0.1) is 6.04 Å². The Balaban J connectivity index is 1.95. The van der Waals surface area contributed by atoms with Crippen LogP contribution in [0.5, 0.6) is 0 Å². The van der Waals surface area contributed by atoms with Crippen LogP contribution < -0.4 is 5.32 Å². The molecule has 3 heteroatoms. The molecule has 1 aromatic carbocycles. The lowest BCUT2D eigenvalue weighted by Gasteiger charge is -2.15. The summed E-state index contributed by atoms with van der Waals surface area (Å²) in [5.74, 6) is 0.380. The first kappa shape index (κ1) is 12.6. The zero-order valence-corrected chi connectivity index (χ0v) is 12.0. The zero-order chi connectivity index (χ0) is 12.6. The third-order valence-electron chi connectivity index (χ3n) is 3.56. The van der Waals surface area contributed by atoms with E-state index in [0.717, 1.165) is 16.5 Å². The third kappa shape index (κ3) is 2.89. The van der Waals surface area contributed by atoms with Gasteiger partial charge in [-0.25, -0.2) is 0 Å². The van der Waals surface area contributed by atoms with Crippen LogP contribution in [0.3, 0.4) is 0 Å². The van der Waals surface area contributed by atoms with Gasteiger partial charge in [0, 0.05) is 10.4 Å². The van der Waals surface area contributed by atoms with Gasteiger partial charge in [0.2, 0.25) is 5.91 Å². The molecule has 0 aromatic heterocycles. The standard InChI is InChI=1S/C14H18BrNO/c1-9(10-4-6-11(15)7-5-10)16-13(17)12-8-14(12,2)3/h4-7,9,12H,8H2,1-3H3,(H,16,17). The van der Waals surface area contributed by atoms with Gasteiger partial charge < -0.3 is 5.32 Å². The van der Waals surface area contributed by atoms with E-state index in [9.17, 15) is 4.79 Å². The molecule has 0 heterocycles. The average molecular weight is 296 g/mol. The Bertz CT molecular complexity index is 424. The van der Waals surface area contributed by atoms with Crippen LogP contribution in [0.4, 0.5) is 0 Å². The monoisotopic (exact) mass is 295 g/mol. The second-order valence-electron chi connectivity index (χ2n) is 5.53. The van der Waals surface area contributed by atoms with Gasteiger partial charge in [-0.1, -0.05) is 41.9 Å². The molecule has 1 N–H and O–H groups in total. The van der Waals surface area contributed by atoms with Crippen LogP contribution in [0.1, 0.15) is 38.8 Å². The van der Waals surface area contributed by atoms with Crippen LogP contribution in [0.15, 0.2) is 28.7 Å². The number of nitrogens with one attached hydrogen (secondary N) is 1. The highest BCUT2D eigenvalue weighted by Crippen LogP contribution is 2.51. The van der Waals surface area contributed by atoms with E-state index in [1.165, 1.54) is 0 Å². The molecule has 2 atom stereocenters.